The summed E-state index contributed by atoms with van der Waals surface area (Å²) in [5.41, 5.74) is 2.11. The molecule has 0 aliphatic rings. The Labute approximate surface area is 171 Å². The van der Waals surface area contributed by atoms with Crippen LogP contribution in [-0.4, -0.2) is 28.5 Å². The molecule has 0 spiro atoms. The lowest BCUT2D eigenvalue weighted by Gasteiger charge is -2.12. The van der Waals surface area contributed by atoms with Crippen molar-refractivity contribution in [3.8, 4) is 0 Å². The number of hydrogen-bond acceptors (Lipinski definition) is 7. The van der Waals surface area contributed by atoms with Gasteiger partial charge in [0.05, 0.1) is 18.4 Å². The van der Waals surface area contributed by atoms with Crippen molar-refractivity contribution in [2.45, 2.75) is 40.2 Å². The third-order valence-corrected chi connectivity index (χ3v) is 5.61. The zero-order chi connectivity index (χ0) is 21.1. The third kappa shape index (κ3) is 4.54. The number of aryl methyl sites for hydroxylation is 2. The first-order chi connectivity index (χ1) is 13.8. The van der Waals surface area contributed by atoms with Crippen LogP contribution in [0.5, 0.6) is 0 Å². The number of fused-ring (bicyclic) bond motifs is 1. The highest BCUT2D eigenvalue weighted by molar-refractivity contribution is 7.20. The second kappa shape index (κ2) is 8.57. The van der Waals surface area contributed by atoms with Gasteiger partial charge < -0.3 is 14.5 Å². The highest BCUT2D eigenvalue weighted by Crippen LogP contribution is 2.28. The van der Waals surface area contributed by atoms with E-state index in [0.29, 0.717) is 20.7 Å². The molecule has 3 aromatic rings. The van der Waals surface area contributed by atoms with E-state index in [1.54, 1.807) is 20.8 Å². The molecule has 1 atom stereocenters. The quantitative estimate of drug-likeness (QED) is 0.619. The molecular formula is C21H22N2O5S. The zero-order valence-electron chi connectivity index (χ0n) is 16.7. The molecule has 2 heterocycles. The van der Waals surface area contributed by atoms with Crippen molar-refractivity contribution in [2.24, 2.45) is 0 Å². The number of aromatic amines is 1. The molecular weight excluding hydrogens is 392 g/mol. The van der Waals surface area contributed by atoms with Crippen LogP contribution in [-0.2, 0) is 20.7 Å². The maximum atomic E-state index is 12.5. The number of esters is 2. The Kier molecular flexibility index (Phi) is 6.12. The van der Waals surface area contributed by atoms with E-state index < -0.39 is 18.0 Å². The van der Waals surface area contributed by atoms with Crippen LogP contribution in [0.4, 0.5) is 0 Å². The molecule has 0 unspecified atom stereocenters. The molecule has 0 bridgehead atoms. The van der Waals surface area contributed by atoms with Crippen LogP contribution in [0.15, 0.2) is 29.1 Å². The van der Waals surface area contributed by atoms with Crippen molar-refractivity contribution >= 4 is 33.5 Å². The molecule has 0 saturated carbocycles. The predicted octanol–water partition coefficient (Wildman–Crippen LogP) is 3.63. The predicted molar refractivity (Wildman–Crippen MR) is 110 cm³/mol. The van der Waals surface area contributed by atoms with E-state index >= 15 is 0 Å². The van der Waals surface area contributed by atoms with E-state index in [0.717, 1.165) is 22.5 Å². The second-order valence-electron chi connectivity index (χ2n) is 6.70. The zero-order valence-corrected chi connectivity index (χ0v) is 17.5. The molecule has 0 saturated heterocycles. The highest BCUT2D eigenvalue weighted by Gasteiger charge is 2.22. The van der Waals surface area contributed by atoms with Gasteiger partial charge in [0.15, 0.2) is 11.9 Å². The lowest BCUT2D eigenvalue weighted by Crippen LogP contribution is -2.18. The molecule has 1 aromatic carbocycles. The summed E-state index contributed by atoms with van der Waals surface area (Å²) in [6, 6.07) is 7.61. The van der Waals surface area contributed by atoms with Crippen LogP contribution < -0.4 is 5.56 Å². The standard InChI is InChI=1S/C21H22N2O5S/c1-5-27-21(26)17-12(3)16-19(25)22-18(23-20(16)29-17)13(4)28-15(24)10-14-8-6-11(2)7-9-14/h6-9,13H,5,10H2,1-4H3,(H,22,23,25)/t13-/m1/s1. The van der Waals surface area contributed by atoms with E-state index in [4.69, 9.17) is 9.47 Å². The average Bonchev–Trinajstić information content (AvgIpc) is 3.01. The SMILES string of the molecule is CCOC(=O)c1sc2nc([C@@H](C)OC(=O)Cc3ccc(C)cc3)[nH]c(=O)c2c1C. The van der Waals surface area contributed by atoms with Crippen LogP contribution in [0.2, 0.25) is 0 Å². The minimum Gasteiger partial charge on any atom is -0.462 e. The van der Waals surface area contributed by atoms with Gasteiger partial charge in [0.1, 0.15) is 9.71 Å². The van der Waals surface area contributed by atoms with Gasteiger partial charge in [-0.2, -0.15) is 0 Å². The lowest BCUT2D eigenvalue weighted by molar-refractivity contribution is -0.148. The lowest BCUT2D eigenvalue weighted by atomic mass is 10.1. The molecule has 152 valence electrons. The van der Waals surface area contributed by atoms with Crippen LogP contribution in [0.3, 0.4) is 0 Å². The summed E-state index contributed by atoms with van der Waals surface area (Å²) in [5.74, 6) is -0.665. The fourth-order valence-corrected chi connectivity index (χ4v) is 3.99. The Morgan fingerprint density at radius 2 is 1.90 bits per heavy atom. The number of rotatable bonds is 6. The summed E-state index contributed by atoms with van der Waals surface area (Å²) in [7, 11) is 0. The Bertz CT molecular complexity index is 1110. The van der Waals surface area contributed by atoms with Crippen LogP contribution in [0.25, 0.3) is 10.2 Å². The van der Waals surface area contributed by atoms with Gasteiger partial charge in [0.25, 0.3) is 5.56 Å². The molecule has 0 fully saturated rings. The van der Waals surface area contributed by atoms with Crippen LogP contribution in [0, 0.1) is 13.8 Å². The van der Waals surface area contributed by atoms with Gasteiger partial charge in [-0.3, -0.25) is 9.59 Å². The van der Waals surface area contributed by atoms with E-state index in [2.05, 4.69) is 9.97 Å². The third-order valence-electron chi connectivity index (χ3n) is 4.44. The molecule has 7 nitrogen and oxygen atoms in total. The molecule has 0 radical (unpaired) electrons. The molecule has 8 heteroatoms. The minimum atomic E-state index is -0.738. The number of nitrogens with zero attached hydrogens (tertiary/aromatic N) is 1. The van der Waals surface area contributed by atoms with Crippen molar-refractivity contribution in [2.75, 3.05) is 6.61 Å². The van der Waals surface area contributed by atoms with Gasteiger partial charge in [-0.05, 0) is 38.8 Å². The number of hydrogen-bond donors (Lipinski definition) is 1. The Balaban J connectivity index is 1.81. The number of H-pyrrole nitrogens is 1. The monoisotopic (exact) mass is 414 g/mol. The van der Waals surface area contributed by atoms with Gasteiger partial charge in [-0.15, -0.1) is 11.3 Å². The number of ether oxygens (including phenoxy) is 2. The number of carbonyl (C=O) groups is 2. The van der Waals surface area contributed by atoms with E-state index in [9.17, 15) is 14.4 Å². The molecule has 0 aliphatic carbocycles. The van der Waals surface area contributed by atoms with Crippen LogP contribution >= 0.6 is 11.3 Å². The summed E-state index contributed by atoms with van der Waals surface area (Å²) in [5, 5.41) is 0.347. The highest BCUT2D eigenvalue weighted by atomic mass is 32.1. The fraction of sp³-hybridized carbons (Fsp3) is 0.333. The van der Waals surface area contributed by atoms with Gasteiger partial charge in [0.2, 0.25) is 0 Å². The van der Waals surface area contributed by atoms with Crippen molar-refractivity contribution in [3.63, 3.8) is 0 Å². The fourth-order valence-electron chi connectivity index (χ4n) is 2.91. The molecule has 2 aromatic heterocycles. The molecule has 1 N–H and O–H groups in total. The summed E-state index contributed by atoms with van der Waals surface area (Å²) < 4.78 is 10.5. The van der Waals surface area contributed by atoms with Crippen molar-refractivity contribution in [1.29, 1.82) is 0 Å². The van der Waals surface area contributed by atoms with Crippen molar-refractivity contribution in [3.05, 3.63) is 62.0 Å². The Morgan fingerprint density at radius 1 is 1.21 bits per heavy atom. The first-order valence-corrected chi connectivity index (χ1v) is 10.1. The Morgan fingerprint density at radius 3 is 2.55 bits per heavy atom. The van der Waals surface area contributed by atoms with Crippen molar-refractivity contribution in [1.82, 2.24) is 9.97 Å². The maximum absolute atomic E-state index is 12.5. The Hall–Kier alpha value is -3.00. The first-order valence-electron chi connectivity index (χ1n) is 9.25. The van der Waals surface area contributed by atoms with E-state index in [1.165, 1.54) is 0 Å². The maximum Gasteiger partial charge on any atom is 0.348 e. The van der Waals surface area contributed by atoms with Crippen molar-refractivity contribution < 1.29 is 19.1 Å². The van der Waals surface area contributed by atoms with E-state index in [-0.39, 0.29) is 24.4 Å². The number of carbonyl (C=O) groups excluding carboxylic acids is 2. The smallest absolute Gasteiger partial charge is 0.348 e. The number of benzene rings is 1. The van der Waals surface area contributed by atoms with E-state index in [1.807, 2.05) is 31.2 Å². The first kappa shape index (κ1) is 20.7. The summed E-state index contributed by atoms with van der Waals surface area (Å²) >= 11 is 1.09. The largest absolute Gasteiger partial charge is 0.462 e. The van der Waals surface area contributed by atoms with Gasteiger partial charge in [0, 0.05) is 0 Å². The number of nitrogens with one attached hydrogen (secondary N) is 1. The van der Waals surface area contributed by atoms with Gasteiger partial charge in [-0.1, -0.05) is 29.8 Å². The summed E-state index contributed by atoms with van der Waals surface area (Å²) in [4.78, 5) is 44.7. The second-order valence-corrected chi connectivity index (χ2v) is 7.70. The molecule has 0 aliphatic heterocycles. The number of thiophene rings is 1. The van der Waals surface area contributed by atoms with Gasteiger partial charge in [-0.25, -0.2) is 9.78 Å². The minimum absolute atomic E-state index is 0.127. The molecule has 29 heavy (non-hydrogen) atoms. The molecule has 3 rings (SSSR count). The topological polar surface area (TPSA) is 98.3 Å². The number of aromatic nitrogens is 2. The summed E-state index contributed by atoms with van der Waals surface area (Å²) in [6.07, 6.45) is -0.610. The summed E-state index contributed by atoms with van der Waals surface area (Å²) in [6.45, 7) is 7.27. The van der Waals surface area contributed by atoms with Gasteiger partial charge >= 0.3 is 11.9 Å². The van der Waals surface area contributed by atoms with Crippen LogP contribution in [0.1, 0.15) is 52.1 Å². The normalized spacial score (nSPS) is 12.0. The molecule has 0 amide bonds. The average molecular weight is 414 g/mol.